The second-order valence-corrected chi connectivity index (χ2v) is 4.71. The molecule has 0 saturated heterocycles. The molecule has 7 heteroatoms. The van der Waals surface area contributed by atoms with Crippen LogP contribution in [0.1, 0.15) is 21.9 Å². The molecule has 2 rings (SSSR count). The zero-order valence-electron chi connectivity index (χ0n) is 13.6. The van der Waals surface area contributed by atoms with Crippen molar-refractivity contribution in [2.24, 2.45) is 0 Å². The SMILES string of the molecule is COC(=O)c1ccc(COc2c(C=C(C#N)C#N)cccc2OC)o1. The number of carbonyl (C=O) groups excluding carboxylic acids is 1. The van der Waals surface area contributed by atoms with E-state index in [0.29, 0.717) is 22.8 Å². The third kappa shape index (κ3) is 4.18. The number of hydrogen-bond acceptors (Lipinski definition) is 7. The summed E-state index contributed by atoms with van der Waals surface area (Å²) in [6.07, 6.45) is 1.40. The first-order valence-electron chi connectivity index (χ1n) is 7.11. The number of hydrogen-bond donors (Lipinski definition) is 0. The zero-order valence-corrected chi connectivity index (χ0v) is 13.6. The van der Waals surface area contributed by atoms with Gasteiger partial charge in [-0.05, 0) is 24.3 Å². The maximum Gasteiger partial charge on any atom is 0.373 e. The molecule has 0 bridgehead atoms. The van der Waals surface area contributed by atoms with Gasteiger partial charge in [-0.25, -0.2) is 4.79 Å². The van der Waals surface area contributed by atoms with Crippen LogP contribution in [0.2, 0.25) is 0 Å². The highest BCUT2D eigenvalue weighted by Crippen LogP contribution is 2.33. The van der Waals surface area contributed by atoms with Crippen LogP contribution < -0.4 is 9.47 Å². The molecule has 0 radical (unpaired) electrons. The molecular formula is C18H14N2O5. The van der Waals surface area contributed by atoms with E-state index in [0.717, 1.165) is 0 Å². The Morgan fingerprint density at radius 2 is 1.96 bits per heavy atom. The van der Waals surface area contributed by atoms with Crippen LogP contribution in [0.3, 0.4) is 0 Å². The Balaban J connectivity index is 2.28. The van der Waals surface area contributed by atoms with Gasteiger partial charge in [-0.3, -0.25) is 0 Å². The highest BCUT2D eigenvalue weighted by Gasteiger charge is 2.14. The Morgan fingerprint density at radius 1 is 1.20 bits per heavy atom. The molecule has 7 nitrogen and oxygen atoms in total. The summed E-state index contributed by atoms with van der Waals surface area (Å²) >= 11 is 0. The third-order valence-electron chi connectivity index (χ3n) is 3.18. The van der Waals surface area contributed by atoms with E-state index >= 15 is 0 Å². The average molecular weight is 338 g/mol. The second kappa shape index (κ2) is 8.23. The van der Waals surface area contributed by atoms with Crippen molar-refractivity contribution < 1.29 is 23.4 Å². The number of rotatable bonds is 6. The van der Waals surface area contributed by atoms with Gasteiger partial charge >= 0.3 is 5.97 Å². The van der Waals surface area contributed by atoms with E-state index in [1.54, 1.807) is 36.4 Å². The molecule has 0 aliphatic heterocycles. The number of allylic oxidation sites excluding steroid dienone is 1. The summed E-state index contributed by atoms with van der Waals surface area (Å²) in [7, 11) is 2.74. The van der Waals surface area contributed by atoms with Crippen molar-refractivity contribution in [1.82, 2.24) is 0 Å². The molecule has 25 heavy (non-hydrogen) atoms. The van der Waals surface area contributed by atoms with Crippen molar-refractivity contribution in [3.63, 3.8) is 0 Å². The lowest BCUT2D eigenvalue weighted by Gasteiger charge is -2.12. The Kier molecular flexibility index (Phi) is 5.81. The van der Waals surface area contributed by atoms with E-state index in [2.05, 4.69) is 4.74 Å². The predicted octanol–water partition coefficient (Wildman–Crippen LogP) is 3.08. The van der Waals surface area contributed by atoms with Gasteiger partial charge in [0, 0.05) is 5.56 Å². The zero-order chi connectivity index (χ0) is 18.2. The highest BCUT2D eigenvalue weighted by atomic mass is 16.5. The number of esters is 1. The van der Waals surface area contributed by atoms with Gasteiger partial charge in [-0.2, -0.15) is 10.5 Å². The van der Waals surface area contributed by atoms with Gasteiger partial charge in [-0.15, -0.1) is 0 Å². The van der Waals surface area contributed by atoms with E-state index in [-0.39, 0.29) is 17.9 Å². The van der Waals surface area contributed by atoms with Crippen LogP contribution in [-0.2, 0) is 11.3 Å². The molecule has 0 atom stereocenters. The Bertz CT molecular complexity index is 868. The maximum atomic E-state index is 11.4. The topological polar surface area (TPSA) is 105 Å². The molecule has 1 heterocycles. The number of benzene rings is 1. The Morgan fingerprint density at radius 3 is 2.60 bits per heavy atom. The average Bonchev–Trinajstić information content (AvgIpc) is 3.12. The van der Waals surface area contributed by atoms with Gasteiger partial charge in [0.25, 0.3) is 0 Å². The summed E-state index contributed by atoms with van der Waals surface area (Å²) in [6.45, 7) is 0.0205. The standard InChI is InChI=1S/C18H14N2O5/c1-22-15-5-3-4-13(8-12(9-19)10-20)17(15)24-11-14-6-7-16(25-14)18(21)23-2/h3-8H,11H2,1-2H3. The first kappa shape index (κ1) is 17.6. The van der Waals surface area contributed by atoms with Crippen molar-refractivity contribution in [3.8, 4) is 23.6 Å². The molecule has 1 aromatic heterocycles. The summed E-state index contributed by atoms with van der Waals surface area (Å²) in [4.78, 5) is 11.4. The van der Waals surface area contributed by atoms with E-state index < -0.39 is 5.97 Å². The van der Waals surface area contributed by atoms with E-state index in [1.165, 1.54) is 26.4 Å². The molecule has 0 spiro atoms. The van der Waals surface area contributed by atoms with Crippen molar-refractivity contribution >= 4 is 12.0 Å². The Labute approximate surface area is 144 Å². The first-order valence-corrected chi connectivity index (χ1v) is 7.11. The quantitative estimate of drug-likeness (QED) is 0.588. The summed E-state index contributed by atoms with van der Waals surface area (Å²) < 4.78 is 20.9. The fourth-order valence-electron chi connectivity index (χ4n) is 2.02. The fourth-order valence-corrected chi connectivity index (χ4v) is 2.02. The molecule has 2 aromatic rings. The summed E-state index contributed by atoms with van der Waals surface area (Å²) in [6, 6.07) is 11.8. The van der Waals surface area contributed by atoms with Crippen LogP contribution in [0.25, 0.3) is 6.08 Å². The van der Waals surface area contributed by atoms with Crippen molar-refractivity contribution in [1.29, 1.82) is 10.5 Å². The molecule has 0 fully saturated rings. The number of furan rings is 1. The van der Waals surface area contributed by atoms with Crippen LogP contribution in [0, 0.1) is 22.7 Å². The third-order valence-corrected chi connectivity index (χ3v) is 3.18. The van der Waals surface area contributed by atoms with Crippen LogP contribution in [0.4, 0.5) is 0 Å². The number of nitrogens with zero attached hydrogens (tertiary/aromatic N) is 2. The minimum absolute atomic E-state index is 0.0205. The van der Waals surface area contributed by atoms with Crippen LogP contribution in [0.5, 0.6) is 11.5 Å². The maximum absolute atomic E-state index is 11.4. The molecule has 0 aliphatic carbocycles. The molecular weight excluding hydrogens is 324 g/mol. The monoisotopic (exact) mass is 338 g/mol. The second-order valence-electron chi connectivity index (χ2n) is 4.71. The van der Waals surface area contributed by atoms with Crippen LogP contribution in [-0.4, -0.2) is 20.2 Å². The molecule has 0 N–H and O–H groups in total. The molecule has 0 unspecified atom stereocenters. The van der Waals surface area contributed by atoms with Gasteiger partial charge in [0.1, 0.15) is 30.1 Å². The predicted molar refractivity (Wildman–Crippen MR) is 86.6 cm³/mol. The summed E-state index contributed by atoms with van der Waals surface area (Å²) in [5.41, 5.74) is 0.446. The Hall–Kier alpha value is -3.71. The van der Waals surface area contributed by atoms with Gasteiger partial charge < -0.3 is 18.6 Å². The van der Waals surface area contributed by atoms with Crippen molar-refractivity contribution in [3.05, 3.63) is 53.0 Å². The number of carbonyl (C=O) groups is 1. The van der Waals surface area contributed by atoms with Gasteiger partial charge in [0.05, 0.1) is 14.2 Å². The smallest absolute Gasteiger partial charge is 0.373 e. The lowest BCUT2D eigenvalue weighted by Crippen LogP contribution is -2.00. The van der Waals surface area contributed by atoms with Crippen molar-refractivity contribution in [2.45, 2.75) is 6.61 Å². The lowest BCUT2D eigenvalue weighted by molar-refractivity contribution is 0.0561. The minimum Gasteiger partial charge on any atom is -0.493 e. The highest BCUT2D eigenvalue weighted by molar-refractivity contribution is 5.86. The number of ether oxygens (including phenoxy) is 3. The van der Waals surface area contributed by atoms with E-state index in [1.807, 2.05) is 0 Å². The van der Waals surface area contributed by atoms with Gasteiger partial charge in [0.15, 0.2) is 11.5 Å². The fraction of sp³-hybridized carbons (Fsp3) is 0.167. The molecule has 1 aromatic carbocycles. The van der Waals surface area contributed by atoms with Crippen LogP contribution in [0.15, 0.2) is 40.3 Å². The summed E-state index contributed by atoms with van der Waals surface area (Å²) in [5, 5.41) is 17.8. The van der Waals surface area contributed by atoms with E-state index in [4.69, 9.17) is 24.4 Å². The first-order chi connectivity index (χ1) is 12.1. The molecule has 126 valence electrons. The normalized spacial score (nSPS) is 9.44. The summed E-state index contributed by atoms with van der Waals surface area (Å²) in [5.74, 6) is 0.673. The molecule has 0 saturated carbocycles. The molecule has 0 aliphatic rings. The van der Waals surface area contributed by atoms with Crippen LogP contribution >= 0.6 is 0 Å². The number of methoxy groups -OCH3 is 2. The minimum atomic E-state index is -0.583. The lowest BCUT2D eigenvalue weighted by atomic mass is 10.1. The van der Waals surface area contributed by atoms with Gasteiger partial charge in [0.2, 0.25) is 5.76 Å². The van der Waals surface area contributed by atoms with E-state index in [9.17, 15) is 4.79 Å². The van der Waals surface area contributed by atoms with Crippen molar-refractivity contribution in [2.75, 3.05) is 14.2 Å². The van der Waals surface area contributed by atoms with Gasteiger partial charge in [-0.1, -0.05) is 12.1 Å². The number of para-hydroxylation sites is 1. The largest absolute Gasteiger partial charge is 0.493 e. The molecule has 0 amide bonds. The number of nitriles is 2.